The molecule has 0 amide bonds. The van der Waals surface area contributed by atoms with E-state index in [-0.39, 0.29) is 6.04 Å². The van der Waals surface area contributed by atoms with E-state index in [0.29, 0.717) is 6.04 Å². The fraction of sp³-hybridized carbons (Fsp3) is 0.538. The van der Waals surface area contributed by atoms with Crippen molar-refractivity contribution in [2.45, 2.75) is 44.2 Å². The second-order valence-corrected chi connectivity index (χ2v) is 4.34. The average molecular weight is 215 g/mol. The van der Waals surface area contributed by atoms with Crippen molar-refractivity contribution in [1.29, 1.82) is 5.26 Å². The normalized spacial score (nSPS) is 18.9. The summed E-state index contributed by atoms with van der Waals surface area (Å²) >= 11 is 0. The minimum absolute atomic E-state index is 0.189. The molecular weight excluding hydrogens is 198 g/mol. The first-order valence-corrected chi connectivity index (χ1v) is 5.96. The van der Waals surface area contributed by atoms with Gasteiger partial charge in [-0.15, -0.1) is 0 Å². The van der Waals surface area contributed by atoms with E-state index in [1.165, 1.54) is 32.1 Å². The molecule has 3 heteroatoms. The van der Waals surface area contributed by atoms with Crippen LogP contribution in [0.5, 0.6) is 0 Å². The maximum absolute atomic E-state index is 9.18. The summed E-state index contributed by atoms with van der Waals surface area (Å²) in [5.74, 6) is 0. The Bertz CT molecular complexity index is 349. The summed E-state index contributed by atoms with van der Waals surface area (Å²) < 4.78 is 0. The van der Waals surface area contributed by atoms with Crippen molar-refractivity contribution in [3.8, 4) is 6.07 Å². The van der Waals surface area contributed by atoms with Crippen molar-refractivity contribution in [2.24, 2.45) is 0 Å². The molecule has 1 atom stereocenters. The van der Waals surface area contributed by atoms with Crippen molar-refractivity contribution in [2.75, 3.05) is 0 Å². The first-order chi connectivity index (χ1) is 7.90. The molecule has 1 aromatic rings. The van der Waals surface area contributed by atoms with E-state index in [4.69, 9.17) is 0 Å². The number of nitriles is 1. The SMILES string of the molecule is N#CC(NC1CCCCC1)c1ccncc1. The second-order valence-electron chi connectivity index (χ2n) is 4.34. The zero-order chi connectivity index (χ0) is 11.2. The third-order valence-electron chi connectivity index (χ3n) is 3.18. The zero-order valence-corrected chi connectivity index (χ0v) is 9.39. The highest BCUT2D eigenvalue weighted by Crippen LogP contribution is 2.21. The number of hydrogen-bond donors (Lipinski definition) is 1. The van der Waals surface area contributed by atoms with Crippen LogP contribution in [0.15, 0.2) is 24.5 Å². The molecule has 2 rings (SSSR count). The van der Waals surface area contributed by atoms with Crippen LogP contribution in [0.3, 0.4) is 0 Å². The lowest BCUT2D eigenvalue weighted by Crippen LogP contribution is -2.33. The number of nitrogens with one attached hydrogen (secondary N) is 1. The molecule has 84 valence electrons. The Morgan fingerprint density at radius 3 is 2.56 bits per heavy atom. The highest BCUT2D eigenvalue weighted by Gasteiger charge is 2.18. The van der Waals surface area contributed by atoms with E-state index < -0.39 is 0 Å². The summed E-state index contributed by atoms with van der Waals surface area (Å²) in [5, 5.41) is 12.6. The van der Waals surface area contributed by atoms with Crippen molar-refractivity contribution >= 4 is 0 Å². The molecule has 1 aliphatic carbocycles. The third-order valence-corrected chi connectivity index (χ3v) is 3.18. The number of aromatic nitrogens is 1. The minimum Gasteiger partial charge on any atom is -0.295 e. The molecule has 1 fully saturated rings. The summed E-state index contributed by atoms with van der Waals surface area (Å²) in [5.41, 5.74) is 1.02. The highest BCUT2D eigenvalue weighted by atomic mass is 14.9. The van der Waals surface area contributed by atoms with Crippen LogP contribution in [-0.2, 0) is 0 Å². The van der Waals surface area contributed by atoms with Gasteiger partial charge >= 0.3 is 0 Å². The van der Waals surface area contributed by atoms with Crippen LogP contribution in [-0.4, -0.2) is 11.0 Å². The average Bonchev–Trinajstić information content (AvgIpc) is 2.38. The Morgan fingerprint density at radius 2 is 1.94 bits per heavy atom. The number of hydrogen-bond acceptors (Lipinski definition) is 3. The molecule has 0 aromatic carbocycles. The quantitative estimate of drug-likeness (QED) is 0.843. The standard InChI is InChI=1S/C13H17N3/c14-10-13(11-6-8-15-9-7-11)16-12-4-2-1-3-5-12/h6-9,12-13,16H,1-5H2. The molecule has 3 nitrogen and oxygen atoms in total. The lowest BCUT2D eigenvalue weighted by atomic mass is 9.94. The smallest absolute Gasteiger partial charge is 0.121 e. The summed E-state index contributed by atoms with van der Waals surface area (Å²) in [6, 6.07) is 6.46. The van der Waals surface area contributed by atoms with Gasteiger partial charge in [-0.2, -0.15) is 5.26 Å². The maximum Gasteiger partial charge on any atom is 0.121 e. The summed E-state index contributed by atoms with van der Waals surface area (Å²) in [4.78, 5) is 3.97. The number of nitrogens with zero attached hydrogens (tertiary/aromatic N) is 2. The Labute approximate surface area is 96.5 Å². The molecule has 1 N–H and O–H groups in total. The van der Waals surface area contributed by atoms with E-state index in [0.717, 1.165) is 5.56 Å². The molecule has 0 saturated heterocycles. The van der Waals surface area contributed by atoms with Crippen LogP contribution >= 0.6 is 0 Å². The zero-order valence-electron chi connectivity index (χ0n) is 9.39. The monoisotopic (exact) mass is 215 g/mol. The number of pyridine rings is 1. The van der Waals surface area contributed by atoms with Crippen LogP contribution in [0.1, 0.15) is 43.7 Å². The molecule has 0 radical (unpaired) electrons. The molecule has 0 bridgehead atoms. The summed E-state index contributed by atoms with van der Waals surface area (Å²) in [7, 11) is 0. The molecular formula is C13H17N3. The maximum atomic E-state index is 9.18. The van der Waals surface area contributed by atoms with Gasteiger partial charge in [-0.3, -0.25) is 10.3 Å². The molecule has 1 heterocycles. The van der Waals surface area contributed by atoms with E-state index >= 15 is 0 Å². The first-order valence-electron chi connectivity index (χ1n) is 5.96. The Kier molecular flexibility index (Phi) is 3.90. The molecule has 0 spiro atoms. The van der Waals surface area contributed by atoms with Gasteiger partial charge in [-0.25, -0.2) is 0 Å². The molecule has 1 unspecified atom stereocenters. The van der Waals surface area contributed by atoms with Crippen molar-refractivity contribution in [3.05, 3.63) is 30.1 Å². The largest absolute Gasteiger partial charge is 0.295 e. The van der Waals surface area contributed by atoms with E-state index in [9.17, 15) is 5.26 Å². The van der Waals surface area contributed by atoms with Crippen LogP contribution in [0.2, 0.25) is 0 Å². The summed E-state index contributed by atoms with van der Waals surface area (Å²) in [6.07, 6.45) is 9.78. The first kappa shape index (κ1) is 11.1. The van der Waals surface area contributed by atoms with Crippen LogP contribution < -0.4 is 5.32 Å². The highest BCUT2D eigenvalue weighted by molar-refractivity contribution is 5.21. The van der Waals surface area contributed by atoms with Gasteiger partial charge in [0.2, 0.25) is 0 Å². The van der Waals surface area contributed by atoms with Gasteiger partial charge in [-0.05, 0) is 30.5 Å². The number of rotatable bonds is 3. The molecule has 1 aromatic heterocycles. The topological polar surface area (TPSA) is 48.7 Å². The Morgan fingerprint density at radius 1 is 1.25 bits per heavy atom. The van der Waals surface area contributed by atoms with Gasteiger partial charge in [0.05, 0.1) is 6.07 Å². The predicted octanol–water partition coefficient (Wildman–Crippen LogP) is 2.57. The van der Waals surface area contributed by atoms with Gasteiger partial charge in [0.15, 0.2) is 0 Å². The third kappa shape index (κ3) is 2.80. The van der Waals surface area contributed by atoms with Crippen LogP contribution in [0.25, 0.3) is 0 Å². The van der Waals surface area contributed by atoms with Crippen molar-refractivity contribution < 1.29 is 0 Å². The van der Waals surface area contributed by atoms with E-state index in [2.05, 4.69) is 16.4 Å². The van der Waals surface area contributed by atoms with E-state index in [1.54, 1.807) is 12.4 Å². The van der Waals surface area contributed by atoms with Gasteiger partial charge < -0.3 is 0 Å². The molecule has 16 heavy (non-hydrogen) atoms. The van der Waals surface area contributed by atoms with Crippen LogP contribution in [0.4, 0.5) is 0 Å². The van der Waals surface area contributed by atoms with E-state index in [1.807, 2.05) is 12.1 Å². The Balaban J connectivity index is 1.98. The fourth-order valence-corrected chi connectivity index (χ4v) is 2.27. The molecule has 1 saturated carbocycles. The van der Waals surface area contributed by atoms with Gasteiger partial charge in [0, 0.05) is 18.4 Å². The Hall–Kier alpha value is -1.40. The molecule has 0 aliphatic heterocycles. The lowest BCUT2D eigenvalue weighted by molar-refractivity contribution is 0.360. The summed E-state index contributed by atoms with van der Waals surface area (Å²) in [6.45, 7) is 0. The second kappa shape index (κ2) is 5.62. The molecule has 1 aliphatic rings. The van der Waals surface area contributed by atoms with Gasteiger partial charge in [0.25, 0.3) is 0 Å². The predicted molar refractivity (Wildman–Crippen MR) is 62.6 cm³/mol. The van der Waals surface area contributed by atoms with Gasteiger partial charge in [0.1, 0.15) is 6.04 Å². The van der Waals surface area contributed by atoms with Crippen LogP contribution in [0, 0.1) is 11.3 Å². The fourth-order valence-electron chi connectivity index (χ4n) is 2.27. The lowest BCUT2D eigenvalue weighted by Gasteiger charge is -2.25. The van der Waals surface area contributed by atoms with Gasteiger partial charge in [-0.1, -0.05) is 19.3 Å². The van der Waals surface area contributed by atoms with Crippen molar-refractivity contribution in [1.82, 2.24) is 10.3 Å². The minimum atomic E-state index is -0.189. The van der Waals surface area contributed by atoms with Crippen molar-refractivity contribution in [3.63, 3.8) is 0 Å².